The van der Waals surface area contributed by atoms with Crippen molar-refractivity contribution in [1.82, 2.24) is 15.1 Å². The van der Waals surface area contributed by atoms with Crippen LogP contribution in [0, 0.1) is 34.9 Å². The Morgan fingerprint density at radius 3 is 2.46 bits per heavy atom. The van der Waals surface area contributed by atoms with Gasteiger partial charge < -0.3 is 15.0 Å². The minimum Gasteiger partial charge on any atom is -0.469 e. The zero-order valence-corrected chi connectivity index (χ0v) is 28.4. The summed E-state index contributed by atoms with van der Waals surface area (Å²) in [4.78, 5) is 31.5. The van der Waals surface area contributed by atoms with E-state index in [2.05, 4.69) is 32.2 Å². The van der Waals surface area contributed by atoms with E-state index in [4.69, 9.17) is 4.74 Å². The Morgan fingerprint density at radius 2 is 1.81 bits per heavy atom. The lowest BCUT2D eigenvalue weighted by molar-refractivity contribution is -0.142. The van der Waals surface area contributed by atoms with Crippen LogP contribution < -0.4 is 10.2 Å². The highest BCUT2D eigenvalue weighted by molar-refractivity contribution is 5.73. The van der Waals surface area contributed by atoms with Gasteiger partial charge in [-0.05, 0) is 117 Å². The summed E-state index contributed by atoms with van der Waals surface area (Å²) in [7, 11) is 1.41. The Bertz CT molecular complexity index is 1510. The molecule has 8 nitrogen and oxygen atoms in total. The van der Waals surface area contributed by atoms with Gasteiger partial charge in [-0.1, -0.05) is 18.6 Å². The maximum Gasteiger partial charge on any atom is 0.305 e. The van der Waals surface area contributed by atoms with Crippen LogP contribution in [0.5, 0.6) is 0 Å². The van der Waals surface area contributed by atoms with E-state index in [1.54, 1.807) is 12.1 Å². The summed E-state index contributed by atoms with van der Waals surface area (Å²) in [5.74, 6) is -0.458. The van der Waals surface area contributed by atoms with E-state index in [0.29, 0.717) is 51.3 Å². The molecule has 1 amide bonds. The van der Waals surface area contributed by atoms with Crippen LogP contribution in [-0.2, 0) is 26.3 Å². The van der Waals surface area contributed by atoms with Crippen molar-refractivity contribution < 1.29 is 23.1 Å². The smallest absolute Gasteiger partial charge is 0.305 e. The molecule has 0 spiro atoms. The monoisotopic (exact) mass is 661 g/mol. The minimum atomic E-state index is -1.33. The molecule has 10 heteroatoms. The van der Waals surface area contributed by atoms with Gasteiger partial charge >= 0.3 is 5.97 Å². The summed E-state index contributed by atoms with van der Waals surface area (Å²) in [6.07, 6.45) is 5.79. The fourth-order valence-electron chi connectivity index (χ4n) is 9.16. The van der Waals surface area contributed by atoms with Gasteiger partial charge in [-0.15, -0.1) is 0 Å². The molecule has 258 valence electrons. The molecule has 3 saturated heterocycles. The Labute approximate surface area is 283 Å². The molecule has 0 radical (unpaired) electrons. The number of methoxy groups -OCH3 is 1. The first kappa shape index (κ1) is 34.3. The average molecular weight is 662 g/mol. The molecule has 2 aromatic carbocycles. The third kappa shape index (κ3) is 7.23. The molecule has 0 bridgehead atoms. The highest BCUT2D eigenvalue weighted by atomic mass is 19.1. The number of esters is 1. The van der Waals surface area contributed by atoms with E-state index in [-0.39, 0.29) is 35.4 Å². The van der Waals surface area contributed by atoms with Crippen LogP contribution in [0.1, 0.15) is 68.6 Å². The first-order valence-corrected chi connectivity index (χ1v) is 17.6. The van der Waals surface area contributed by atoms with Gasteiger partial charge in [0.25, 0.3) is 0 Å². The van der Waals surface area contributed by atoms with Crippen molar-refractivity contribution in [3.63, 3.8) is 0 Å². The Balaban J connectivity index is 1.16. The molecule has 3 heterocycles. The van der Waals surface area contributed by atoms with Gasteiger partial charge in [0, 0.05) is 44.1 Å². The minimum absolute atomic E-state index is 0.0629. The SMILES string of the molecule is COC(=O)C[C@H]1CCC[C@@H]1[C@](CNC(C)=O)(c1cccc(F)c1)C1CCN(CC2(F)CN(c3ccc(C#N)c(CN4CCC4)c3)C2)CC1. The van der Waals surface area contributed by atoms with Crippen LogP contribution in [0.2, 0.25) is 0 Å². The lowest BCUT2D eigenvalue weighted by Crippen LogP contribution is -2.64. The molecule has 3 aliphatic heterocycles. The van der Waals surface area contributed by atoms with Crippen molar-refractivity contribution in [1.29, 1.82) is 5.26 Å². The highest BCUT2D eigenvalue weighted by Gasteiger charge is 2.53. The molecule has 4 fully saturated rings. The molecule has 1 aliphatic carbocycles. The van der Waals surface area contributed by atoms with Crippen molar-refractivity contribution in [3.8, 4) is 6.07 Å². The predicted molar refractivity (Wildman–Crippen MR) is 180 cm³/mol. The van der Waals surface area contributed by atoms with Gasteiger partial charge in [0.15, 0.2) is 5.67 Å². The van der Waals surface area contributed by atoms with E-state index < -0.39 is 11.1 Å². The second kappa shape index (κ2) is 14.5. The molecular formula is C38H49F2N5O3. The van der Waals surface area contributed by atoms with Crippen molar-refractivity contribution in [3.05, 3.63) is 65.0 Å². The summed E-state index contributed by atoms with van der Waals surface area (Å²) < 4.78 is 36.1. The molecule has 6 rings (SSSR count). The molecular weight excluding hydrogens is 612 g/mol. The number of halogens is 2. The van der Waals surface area contributed by atoms with Crippen molar-refractivity contribution >= 4 is 17.6 Å². The fourth-order valence-corrected chi connectivity index (χ4v) is 9.16. The number of nitrogens with zero attached hydrogens (tertiary/aromatic N) is 4. The van der Waals surface area contributed by atoms with Crippen LogP contribution in [0.15, 0.2) is 42.5 Å². The third-order valence-corrected chi connectivity index (χ3v) is 11.7. The van der Waals surface area contributed by atoms with E-state index >= 15 is 4.39 Å². The maximum atomic E-state index is 16.2. The normalized spacial score (nSPS) is 24.2. The fraction of sp³-hybridized carbons (Fsp3) is 0.605. The molecule has 1 N–H and O–H groups in total. The van der Waals surface area contributed by atoms with Gasteiger partial charge in [-0.2, -0.15) is 5.26 Å². The highest BCUT2D eigenvalue weighted by Crippen LogP contribution is 2.53. The van der Waals surface area contributed by atoms with Gasteiger partial charge in [-0.3, -0.25) is 19.4 Å². The molecule has 3 atom stereocenters. The third-order valence-electron chi connectivity index (χ3n) is 11.7. The predicted octanol–water partition coefficient (Wildman–Crippen LogP) is 5.20. The zero-order chi connectivity index (χ0) is 33.9. The number of hydrogen-bond acceptors (Lipinski definition) is 7. The van der Waals surface area contributed by atoms with Gasteiger partial charge in [0.2, 0.25) is 5.91 Å². The molecule has 4 aliphatic rings. The van der Waals surface area contributed by atoms with Crippen LogP contribution in [0.4, 0.5) is 14.5 Å². The quantitative estimate of drug-likeness (QED) is 0.313. The van der Waals surface area contributed by atoms with E-state index in [1.165, 1.54) is 26.5 Å². The van der Waals surface area contributed by atoms with E-state index in [1.807, 2.05) is 18.2 Å². The van der Waals surface area contributed by atoms with Gasteiger partial charge in [-0.25, -0.2) is 8.78 Å². The molecule has 1 saturated carbocycles. The number of amides is 1. The van der Waals surface area contributed by atoms with Crippen molar-refractivity contribution in [2.75, 3.05) is 64.4 Å². The molecule has 0 unspecified atom stereocenters. The number of anilines is 1. The summed E-state index contributed by atoms with van der Waals surface area (Å²) in [5, 5.41) is 12.7. The Hall–Kier alpha value is -3.55. The van der Waals surface area contributed by atoms with E-state index in [9.17, 15) is 19.2 Å². The summed E-state index contributed by atoms with van der Waals surface area (Å²) in [6.45, 7) is 7.12. The first-order valence-electron chi connectivity index (χ1n) is 17.6. The number of nitrogens with one attached hydrogen (secondary N) is 1. The molecule has 2 aromatic rings. The molecule has 48 heavy (non-hydrogen) atoms. The van der Waals surface area contributed by atoms with Crippen LogP contribution >= 0.6 is 0 Å². The first-order chi connectivity index (χ1) is 23.1. The number of rotatable bonds is 12. The summed E-state index contributed by atoms with van der Waals surface area (Å²) in [5.41, 5.74) is 1.62. The summed E-state index contributed by atoms with van der Waals surface area (Å²) >= 11 is 0. The van der Waals surface area contributed by atoms with Gasteiger partial charge in [0.05, 0.1) is 31.8 Å². The second-order valence-electron chi connectivity index (χ2n) is 14.7. The standard InChI is InChI=1S/C38H49F2N5O3/c1-27(46)42-23-38(32-7-4-8-33(39)20-32,35-9-3-6-28(35)19-36(47)48-2)31-12-16-44(17-13-31)24-37(40)25-45(26-37)34-11-10-29(21-41)30(18-34)22-43-14-5-15-43/h4,7-8,10-11,18,20,28,31,35H,3,5-6,9,12-17,19,22-26H2,1-2H3,(H,42,46)/t28-,35+,38+/m1/s1. The number of carbonyl (C=O) groups excluding carboxylic acids is 2. The van der Waals surface area contributed by atoms with Crippen LogP contribution in [-0.4, -0.2) is 86.8 Å². The number of likely N-dealkylation sites (tertiary alicyclic amines) is 2. The molecule has 0 aromatic heterocycles. The topological polar surface area (TPSA) is 88.9 Å². The number of ether oxygens (including phenoxy) is 1. The number of carbonyl (C=O) groups is 2. The number of alkyl halides is 1. The summed E-state index contributed by atoms with van der Waals surface area (Å²) in [6, 6.07) is 14.9. The number of piperidine rings is 1. The Kier molecular flexibility index (Phi) is 10.4. The maximum absolute atomic E-state index is 16.2. The van der Waals surface area contributed by atoms with E-state index in [0.717, 1.165) is 68.6 Å². The zero-order valence-electron chi connectivity index (χ0n) is 28.4. The number of nitriles is 1. The van der Waals surface area contributed by atoms with Crippen molar-refractivity contribution in [2.45, 2.75) is 69.5 Å². The van der Waals surface area contributed by atoms with Gasteiger partial charge in [0.1, 0.15) is 5.82 Å². The second-order valence-corrected chi connectivity index (χ2v) is 14.7. The lowest BCUT2D eigenvalue weighted by atomic mass is 9.57. The van der Waals surface area contributed by atoms with Crippen molar-refractivity contribution in [2.24, 2.45) is 17.8 Å². The van der Waals surface area contributed by atoms with Crippen LogP contribution in [0.3, 0.4) is 0 Å². The number of benzene rings is 2. The largest absolute Gasteiger partial charge is 0.469 e. The Morgan fingerprint density at radius 1 is 1.04 bits per heavy atom. The van der Waals surface area contributed by atoms with Crippen LogP contribution in [0.25, 0.3) is 0 Å². The number of hydrogen-bond donors (Lipinski definition) is 1. The lowest BCUT2D eigenvalue weighted by Gasteiger charge is -2.52. The average Bonchev–Trinajstić information content (AvgIpc) is 3.50.